The first-order valence-electron chi connectivity index (χ1n) is 9.19. The summed E-state index contributed by atoms with van der Waals surface area (Å²) in [6.45, 7) is 2.03. The molecule has 5 rings (SSSR count). The molecule has 0 radical (unpaired) electrons. The van der Waals surface area contributed by atoms with Crippen LogP contribution in [0.3, 0.4) is 0 Å². The van der Waals surface area contributed by atoms with Crippen LogP contribution >= 0.6 is 0 Å². The lowest BCUT2D eigenvalue weighted by Crippen LogP contribution is -2.38. The van der Waals surface area contributed by atoms with E-state index in [2.05, 4.69) is 0 Å². The highest BCUT2D eigenvalue weighted by Crippen LogP contribution is 2.56. The highest BCUT2D eigenvalue weighted by molar-refractivity contribution is 5.98. The molecule has 2 unspecified atom stereocenters. The molecule has 2 aromatic carbocycles. The third kappa shape index (κ3) is 2.32. The minimum atomic E-state index is -1.29. The van der Waals surface area contributed by atoms with E-state index in [0.717, 1.165) is 11.1 Å². The van der Waals surface area contributed by atoms with Gasteiger partial charge in [0, 0.05) is 17.5 Å². The molecule has 3 heterocycles. The number of esters is 1. The van der Waals surface area contributed by atoms with Crippen molar-refractivity contribution in [3.63, 3.8) is 0 Å². The van der Waals surface area contributed by atoms with Crippen LogP contribution in [0.1, 0.15) is 40.1 Å². The molecule has 29 heavy (non-hydrogen) atoms. The van der Waals surface area contributed by atoms with Crippen LogP contribution in [0, 0.1) is 0 Å². The van der Waals surface area contributed by atoms with Crippen molar-refractivity contribution in [2.24, 2.45) is 0 Å². The fourth-order valence-corrected chi connectivity index (χ4v) is 4.38. The Labute approximate surface area is 167 Å². The SMILES string of the molecule is COc1ccc2c(c1OC)C(=O)OC21Cc2c(cc3c(c2OC)OCO3)C(C)O1. The smallest absolute Gasteiger partial charge is 0.345 e. The van der Waals surface area contributed by atoms with E-state index in [-0.39, 0.29) is 19.3 Å². The number of hydrogen-bond donors (Lipinski definition) is 0. The van der Waals surface area contributed by atoms with Gasteiger partial charge in [0.2, 0.25) is 18.3 Å². The molecule has 2 atom stereocenters. The Morgan fingerprint density at radius 3 is 2.59 bits per heavy atom. The molecule has 0 saturated carbocycles. The summed E-state index contributed by atoms with van der Waals surface area (Å²) >= 11 is 0. The van der Waals surface area contributed by atoms with Crippen molar-refractivity contribution in [2.45, 2.75) is 25.2 Å². The summed E-state index contributed by atoms with van der Waals surface area (Å²) in [5.74, 6) is 0.687. The quantitative estimate of drug-likeness (QED) is 0.727. The average Bonchev–Trinajstić information content (AvgIpc) is 3.28. The first-order chi connectivity index (χ1) is 14.0. The molecule has 8 heteroatoms. The number of rotatable bonds is 3. The maximum Gasteiger partial charge on any atom is 0.345 e. The van der Waals surface area contributed by atoms with E-state index >= 15 is 0 Å². The standard InChI is InChI=1S/C21H20O8/c1-10-11-7-15-19(27-9-26-15)17(24-3)12(11)8-21(28-10)13-5-6-14(23-2)18(25-4)16(13)20(22)29-21/h5-7,10H,8-9H2,1-4H3. The number of carbonyl (C=O) groups excluding carboxylic acids is 1. The Hall–Kier alpha value is -3.13. The second-order valence-electron chi connectivity index (χ2n) is 7.01. The summed E-state index contributed by atoms with van der Waals surface area (Å²) in [5, 5.41) is 0. The van der Waals surface area contributed by atoms with Crippen LogP contribution in [0.2, 0.25) is 0 Å². The van der Waals surface area contributed by atoms with E-state index in [9.17, 15) is 4.79 Å². The molecule has 8 nitrogen and oxygen atoms in total. The fraction of sp³-hybridized carbons (Fsp3) is 0.381. The third-order valence-corrected chi connectivity index (χ3v) is 5.59. The van der Waals surface area contributed by atoms with Crippen LogP contribution in [-0.4, -0.2) is 34.1 Å². The van der Waals surface area contributed by atoms with Crippen LogP contribution < -0.4 is 23.7 Å². The number of benzene rings is 2. The van der Waals surface area contributed by atoms with E-state index < -0.39 is 11.8 Å². The lowest BCUT2D eigenvalue weighted by Gasteiger charge is -2.38. The van der Waals surface area contributed by atoms with Crippen LogP contribution in [0.15, 0.2) is 18.2 Å². The molecular formula is C21H20O8. The molecule has 1 spiro atoms. The van der Waals surface area contributed by atoms with Gasteiger partial charge >= 0.3 is 5.97 Å². The van der Waals surface area contributed by atoms with Crippen molar-refractivity contribution < 1.29 is 38.0 Å². The Bertz CT molecular complexity index is 1030. The number of methoxy groups -OCH3 is 3. The van der Waals surface area contributed by atoms with Gasteiger partial charge in [-0.05, 0) is 30.7 Å². The minimum Gasteiger partial charge on any atom is -0.493 e. The highest BCUT2D eigenvalue weighted by Gasteiger charge is 2.53. The second-order valence-corrected chi connectivity index (χ2v) is 7.01. The number of hydrogen-bond acceptors (Lipinski definition) is 8. The van der Waals surface area contributed by atoms with E-state index in [1.54, 1.807) is 19.2 Å². The predicted octanol–water partition coefficient (Wildman–Crippen LogP) is 3.10. The molecule has 0 aliphatic carbocycles. The molecule has 3 aliphatic heterocycles. The summed E-state index contributed by atoms with van der Waals surface area (Å²) in [4.78, 5) is 12.8. The lowest BCUT2D eigenvalue weighted by atomic mass is 9.87. The van der Waals surface area contributed by atoms with E-state index in [1.165, 1.54) is 14.2 Å². The maximum atomic E-state index is 12.8. The first-order valence-corrected chi connectivity index (χ1v) is 9.19. The summed E-state index contributed by atoms with van der Waals surface area (Å²) in [6.07, 6.45) is -0.116. The van der Waals surface area contributed by atoms with Crippen molar-refractivity contribution in [1.82, 2.24) is 0 Å². The molecule has 0 bridgehead atoms. The zero-order valence-electron chi connectivity index (χ0n) is 16.5. The fourth-order valence-electron chi connectivity index (χ4n) is 4.38. The van der Waals surface area contributed by atoms with Crippen LogP contribution in [-0.2, 0) is 21.7 Å². The number of carbonyl (C=O) groups is 1. The number of ether oxygens (including phenoxy) is 7. The van der Waals surface area contributed by atoms with Gasteiger partial charge in [-0.2, -0.15) is 0 Å². The number of fused-ring (bicyclic) bond motifs is 4. The van der Waals surface area contributed by atoms with Crippen molar-refractivity contribution in [2.75, 3.05) is 28.1 Å². The molecule has 152 valence electrons. The molecular weight excluding hydrogens is 380 g/mol. The summed E-state index contributed by atoms with van der Waals surface area (Å²) in [5.41, 5.74) is 2.66. The van der Waals surface area contributed by atoms with Gasteiger partial charge in [0.25, 0.3) is 0 Å². The van der Waals surface area contributed by atoms with E-state index in [4.69, 9.17) is 33.2 Å². The summed E-state index contributed by atoms with van der Waals surface area (Å²) < 4.78 is 39.7. The van der Waals surface area contributed by atoms with Crippen LogP contribution in [0.5, 0.6) is 28.7 Å². The second kappa shape index (κ2) is 6.18. The van der Waals surface area contributed by atoms with Gasteiger partial charge in [0.05, 0.1) is 27.4 Å². The Kier molecular flexibility index (Phi) is 3.82. The Balaban J connectivity index is 1.69. The van der Waals surface area contributed by atoms with Gasteiger partial charge in [0.15, 0.2) is 23.0 Å². The largest absolute Gasteiger partial charge is 0.493 e. The van der Waals surface area contributed by atoms with Crippen molar-refractivity contribution >= 4 is 5.97 Å². The van der Waals surface area contributed by atoms with Crippen LogP contribution in [0.4, 0.5) is 0 Å². The van der Waals surface area contributed by atoms with Crippen molar-refractivity contribution in [3.8, 4) is 28.7 Å². The van der Waals surface area contributed by atoms with Gasteiger partial charge in [-0.3, -0.25) is 0 Å². The Morgan fingerprint density at radius 1 is 1.07 bits per heavy atom. The molecule has 0 N–H and O–H groups in total. The first kappa shape index (κ1) is 17.9. The zero-order valence-corrected chi connectivity index (χ0v) is 16.5. The van der Waals surface area contributed by atoms with Crippen LogP contribution in [0.25, 0.3) is 0 Å². The maximum absolute atomic E-state index is 12.8. The summed E-state index contributed by atoms with van der Waals surface area (Å²) in [7, 11) is 4.58. The molecule has 0 aromatic heterocycles. The average molecular weight is 400 g/mol. The predicted molar refractivity (Wildman–Crippen MR) is 99.0 cm³/mol. The van der Waals surface area contributed by atoms with Gasteiger partial charge in [-0.15, -0.1) is 0 Å². The molecule has 0 fully saturated rings. The van der Waals surface area contributed by atoms with Gasteiger partial charge < -0.3 is 33.2 Å². The lowest BCUT2D eigenvalue weighted by molar-refractivity contribution is -0.236. The van der Waals surface area contributed by atoms with Crippen molar-refractivity contribution in [3.05, 3.63) is 40.5 Å². The third-order valence-electron chi connectivity index (χ3n) is 5.59. The van der Waals surface area contributed by atoms with Gasteiger partial charge in [0.1, 0.15) is 5.56 Å². The normalized spacial score (nSPS) is 23.4. The van der Waals surface area contributed by atoms with E-state index in [0.29, 0.717) is 39.9 Å². The minimum absolute atomic E-state index is 0.129. The molecule has 3 aliphatic rings. The van der Waals surface area contributed by atoms with Gasteiger partial charge in [-0.25, -0.2) is 4.79 Å². The molecule has 2 aromatic rings. The van der Waals surface area contributed by atoms with Gasteiger partial charge in [-0.1, -0.05) is 0 Å². The topological polar surface area (TPSA) is 81.7 Å². The highest BCUT2D eigenvalue weighted by atomic mass is 16.7. The van der Waals surface area contributed by atoms with E-state index in [1.807, 2.05) is 13.0 Å². The zero-order chi connectivity index (χ0) is 20.3. The molecule has 0 amide bonds. The molecule has 0 saturated heterocycles. The monoisotopic (exact) mass is 400 g/mol. The summed E-state index contributed by atoms with van der Waals surface area (Å²) in [6, 6.07) is 5.41. The van der Waals surface area contributed by atoms with Crippen molar-refractivity contribution in [1.29, 1.82) is 0 Å². The Morgan fingerprint density at radius 2 is 1.86 bits per heavy atom.